The SMILES string of the molecule is CC(C)(C)OC(=O)NCCC#Cc1cccnc1N. The predicted molar refractivity (Wildman–Crippen MR) is 74.4 cm³/mol. The zero-order valence-corrected chi connectivity index (χ0v) is 11.5. The highest BCUT2D eigenvalue weighted by atomic mass is 16.6. The van der Waals surface area contributed by atoms with Crippen molar-refractivity contribution in [2.75, 3.05) is 12.3 Å². The number of amides is 1. The Balaban J connectivity index is 2.33. The third kappa shape index (κ3) is 6.32. The Bertz CT molecular complexity index is 495. The third-order valence-corrected chi connectivity index (χ3v) is 1.98. The van der Waals surface area contributed by atoms with Gasteiger partial charge < -0.3 is 15.8 Å². The maximum atomic E-state index is 11.3. The van der Waals surface area contributed by atoms with E-state index in [0.717, 1.165) is 0 Å². The molecule has 0 saturated heterocycles. The Labute approximate surface area is 113 Å². The lowest BCUT2D eigenvalue weighted by Crippen LogP contribution is -2.32. The van der Waals surface area contributed by atoms with Crippen LogP contribution in [0.4, 0.5) is 10.6 Å². The van der Waals surface area contributed by atoms with Gasteiger partial charge in [0.2, 0.25) is 0 Å². The normalized spacial score (nSPS) is 10.3. The highest BCUT2D eigenvalue weighted by Gasteiger charge is 2.15. The molecule has 0 aliphatic carbocycles. The lowest BCUT2D eigenvalue weighted by molar-refractivity contribution is 0.0529. The number of anilines is 1. The first-order valence-electron chi connectivity index (χ1n) is 6.05. The number of carbonyl (C=O) groups is 1. The summed E-state index contributed by atoms with van der Waals surface area (Å²) < 4.78 is 5.09. The molecule has 5 heteroatoms. The number of nitrogen functional groups attached to an aromatic ring is 1. The van der Waals surface area contributed by atoms with E-state index in [-0.39, 0.29) is 0 Å². The Kier molecular flexibility index (Phi) is 5.19. The second-order valence-electron chi connectivity index (χ2n) is 4.92. The number of aromatic nitrogens is 1. The molecule has 0 fully saturated rings. The topological polar surface area (TPSA) is 77.2 Å². The van der Waals surface area contributed by atoms with Gasteiger partial charge in [-0.05, 0) is 32.9 Å². The van der Waals surface area contributed by atoms with E-state index in [2.05, 4.69) is 22.1 Å². The van der Waals surface area contributed by atoms with Gasteiger partial charge in [-0.15, -0.1) is 0 Å². The van der Waals surface area contributed by atoms with E-state index >= 15 is 0 Å². The van der Waals surface area contributed by atoms with Crippen LogP contribution in [-0.2, 0) is 4.74 Å². The van der Waals surface area contributed by atoms with Crippen molar-refractivity contribution in [2.24, 2.45) is 0 Å². The molecular weight excluding hydrogens is 242 g/mol. The van der Waals surface area contributed by atoms with Gasteiger partial charge in [-0.2, -0.15) is 0 Å². The maximum Gasteiger partial charge on any atom is 0.407 e. The Morgan fingerprint density at radius 2 is 2.26 bits per heavy atom. The van der Waals surface area contributed by atoms with E-state index < -0.39 is 11.7 Å². The van der Waals surface area contributed by atoms with Gasteiger partial charge in [0.1, 0.15) is 11.4 Å². The van der Waals surface area contributed by atoms with Crippen LogP contribution in [0.15, 0.2) is 18.3 Å². The molecule has 102 valence electrons. The first kappa shape index (κ1) is 14.8. The minimum Gasteiger partial charge on any atom is -0.444 e. The molecule has 1 aromatic rings. The van der Waals surface area contributed by atoms with Crippen LogP contribution >= 0.6 is 0 Å². The molecule has 0 saturated carbocycles. The van der Waals surface area contributed by atoms with Gasteiger partial charge in [0, 0.05) is 19.2 Å². The molecule has 0 atom stereocenters. The number of nitrogens with two attached hydrogens (primary N) is 1. The number of rotatable bonds is 2. The van der Waals surface area contributed by atoms with Crippen molar-refractivity contribution >= 4 is 11.9 Å². The average Bonchev–Trinajstić information content (AvgIpc) is 2.28. The van der Waals surface area contributed by atoms with Gasteiger partial charge in [-0.3, -0.25) is 0 Å². The van der Waals surface area contributed by atoms with E-state index in [9.17, 15) is 4.79 Å². The van der Waals surface area contributed by atoms with Crippen molar-refractivity contribution in [2.45, 2.75) is 32.8 Å². The summed E-state index contributed by atoms with van der Waals surface area (Å²) in [7, 11) is 0. The largest absolute Gasteiger partial charge is 0.444 e. The highest BCUT2D eigenvalue weighted by Crippen LogP contribution is 2.06. The molecular formula is C14H19N3O2. The van der Waals surface area contributed by atoms with Crippen LogP contribution in [-0.4, -0.2) is 23.2 Å². The number of carbonyl (C=O) groups excluding carboxylic acids is 1. The number of hydrogen-bond donors (Lipinski definition) is 2. The summed E-state index contributed by atoms with van der Waals surface area (Å²) in [5.74, 6) is 6.24. The first-order valence-corrected chi connectivity index (χ1v) is 6.05. The fraction of sp³-hybridized carbons (Fsp3) is 0.429. The molecule has 1 aromatic heterocycles. The van der Waals surface area contributed by atoms with Crippen LogP contribution in [0.25, 0.3) is 0 Å². The van der Waals surface area contributed by atoms with E-state index in [0.29, 0.717) is 24.3 Å². The Morgan fingerprint density at radius 1 is 1.53 bits per heavy atom. The molecule has 0 aliphatic rings. The van der Waals surface area contributed by atoms with Gasteiger partial charge in [0.05, 0.1) is 5.56 Å². The van der Waals surface area contributed by atoms with Crippen LogP contribution in [0.1, 0.15) is 32.8 Å². The summed E-state index contributed by atoms with van der Waals surface area (Å²) in [5.41, 5.74) is 5.86. The van der Waals surface area contributed by atoms with Crippen LogP contribution in [0.5, 0.6) is 0 Å². The summed E-state index contributed by atoms with van der Waals surface area (Å²) >= 11 is 0. The van der Waals surface area contributed by atoms with Gasteiger partial charge in [-0.25, -0.2) is 9.78 Å². The standard InChI is InChI=1S/C14H19N3O2/c1-14(2,3)19-13(18)17-9-5-4-7-11-8-6-10-16-12(11)15/h6,8,10H,5,9H2,1-3H3,(H2,15,16)(H,17,18). The van der Waals surface area contributed by atoms with Crippen LogP contribution < -0.4 is 11.1 Å². The molecule has 1 rings (SSSR count). The smallest absolute Gasteiger partial charge is 0.407 e. The minimum absolute atomic E-state index is 0.412. The Morgan fingerprint density at radius 3 is 2.89 bits per heavy atom. The molecule has 0 unspecified atom stereocenters. The van der Waals surface area contributed by atoms with Gasteiger partial charge in [0.15, 0.2) is 0 Å². The van der Waals surface area contributed by atoms with Gasteiger partial charge in [-0.1, -0.05) is 11.8 Å². The number of alkyl carbamates (subject to hydrolysis) is 1. The molecule has 1 amide bonds. The van der Waals surface area contributed by atoms with Crippen molar-refractivity contribution < 1.29 is 9.53 Å². The minimum atomic E-state index is -0.486. The highest BCUT2D eigenvalue weighted by molar-refractivity contribution is 5.67. The van der Waals surface area contributed by atoms with Crippen molar-refractivity contribution in [3.63, 3.8) is 0 Å². The molecule has 5 nitrogen and oxygen atoms in total. The summed E-state index contributed by atoms with van der Waals surface area (Å²) in [6.45, 7) is 5.88. The third-order valence-electron chi connectivity index (χ3n) is 1.98. The average molecular weight is 261 g/mol. The number of hydrogen-bond acceptors (Lipinski definition) is 4. The Hall–Kier alpha value is -2.22. The van der Waals surface area contributed by atoms with Gasteiger partial charge >= 0.3 is 6.09 Å². The van der Waals surface area contributed by atoms with Crippen molar-refractivity contribution in [1.29, 1.82) is 0 Å². The van der Waals surface area contributed by atoms with E-state index in [1.54, 1.807) is 18.3 Å². The summed E-state index contributed by atoms with van der Waals surface area (Å²) in [6.07, 6.45) is 1.70. The van der Waals surface area contributed by atoms with Crippen molar-refractivity contribution in [3.05, 3.63) is 23.9 Å². The summed E-state index contributed by atoms with van der Waals surface area (Å²) in [4.78, 5) is 15.3. The number of pyridine rings is 1. The maximum absolute atomic E-state index is 11.3. The summed E-state index contributed by atoms with van der Waals surface area (Å²) in [6, 6.07) is 3.58. The van der Waals surface area contributed by atoms with E-state index in [1.807, 2.05) is 20.8 Å². The zero-order valence-electron chi connectivity index (χ0n) is 11.5. The molecule has 0 aromatic carbocycles. The lowest BCUT2D eigenvalue weighted by Gasteiger charge is -2.19. The summed E-state index contributed by atoms with van der Waals surface area (Å²) in [5, 5.41) is 2.63. The van der Waals surface area contributed by atoms with Gasteiger partial charge in [0.25, 0.3) is 0 Å². The number of nitrogens with zero attached hydrogens (tertiary/aromatic N) is 1. The molecule has 3 N–H and O–H groups in total. The van der Waals surface area contributed by atoms with Crippen molar-refractivity contribution in [3.8, 4) is 11.8 Å². The number of nitrogens with one attached hydrogen (secondary N) is 1. The number of ether oxygens (including phenoxy) is 1. The van der Waals surface area contributed by atoms with Crippen molar-refractivity contribution in [1.82, 2.24) is 10.3 Å². The molecule has 1 heterocycles. The fourth-order valence-corrected chi connectivity index (χ4v) is 1.22. The molecule has 0 aliphatic heterocycles. The van der Waals surface area contributed by atoms with Crippen LogP contribution in [0.2, 0.25) is 0 Å². The molecule has 0 radical (unpaired) electrons. The monoisotopic (exact) mass is 261 g/mol. The predicted octanol–water partition coefficient (Wildman–Crippen LogP) is 1.93. The molecule has 0 bridgehead atoms. The quantitative estimate of drug-likeness (QED) is 0.630. The van der Waals surface area contributed by atoms with E-state index in [4.69, 9.17) is 10.5 Å². The van der Waals surface area contributed by atoms with Crippen LogP contribution in [0.3, 0.4) is 0 Å². The lowest BCUT2D eigenvalue weighted by atomic mass is 10.2. The molecule has 0 spiro atoms. The zero-order chi connectivity index (χ0) is 14.3. The second kappa shape index (κ2) is 6.64. The van der Waals surface area contributed by atoms with E-state index in [1.165, 1.54) is 0 Å². The fourth-order valence-electron chi connectivity index (χ4n) is 1.22. The second-order valence-corrected chi connectivity index (χ2v) is 4.92. The molecule has 19 heavy (non-hydrogen) atoms. The first-order chi connectivity index (χ1) is 8.88. The van der Waals surface area contributed by atoms with Crippen LogP contribution in [0, 0.1) is 11.8 Å².